The summed E-state index contributed by atoms with van der Waals surface area (Å²) < 4.78 is 10.5. The summed E-state index contributed by atoms with van der Waals surface area (Å²) in [6, 6.07) is 7.57. The summed E-state index contributed by atoms with van der Waals surface area (Å²) in [4.78, 5) is 11.5. The molecule has 1 amide bonds. The molecule has 5 nitrogen and oxygen atoms in total. The van der Waals surface area contributed by atoms with E-state index in [1.54, 1.807) is 0 Å². The molecule has 0 heterocycles. The van der Waals surface area contributed by atoms with Crippen LogP contribution in [-0.2, 0) is 9.53 Å². The number of carbonyl (C=O) groups excluding carboxylic acids is 1. The van der Waals surface area contributed by atoms with E-state index < -0.39 is 0 Å². The highest BCUT2D eigenvalue weighted by Gasteiger charge is 2.03. The lowest BCUT2D eigenvalue weighted by Gasteiger charge is -2.09. The third kappa shape index (κ3) is 6.79. The molecular formula is C14H21NO4. The van der Waals surface area contributed by atoms with Gasteiger partial charge in [0.2, 0.25) is 0 Å². The Labute approximate surface area is 113 Å². The van der Waals surface area contributed by atoms with Gasteiger partial charge in [0.05, 0.1) is 13.2 Å². The van der Waals surface area contributed by atoms with Crippen LogP contribution >= 0.6 is 0 Å². The fraction of sp³-hybridized carbons (Fsp3) is 0.500. The summed E-state index contributed by atoms with van der Waals surface area (Å²) in [6.45, 7) is 3.38. The second-order valence-electron chi connectivity index (χ2n) is 4.09. The van der Waals surface area contributed by atoms with E-state index in [0.717, 1.165) is 17.7 Å². The lowest BCUT2D eigenvalue weighted by atomic mass is 10.2. The largest absolute Gasteiger partial charge is 0.484 e. The molecule has 0 unspecified atom stereocenters. The highest BCUT2D eigenvalue weighted by Crippen LogP contribution is 2.15. The van der Waals surface area contributed by atoms with Crippen molar-refractivity contribution in [2.45, 2.75) is 13.3 Å². The van der Waals surface area contributed by atoms with Gasteiger partial charge in [-0.15, -0.1) is 0 Å². The lowest BCUT2D eigenvalue weighted by Crippen LogP contribution is -2.30. The smallest absolute Gasteiger partial charge is 0.257 e. The molecule has 0 atom stereocenters. The van der Waals surface area contributed by atoms with E-state index in [1.165, 1.54) is 0 Å². The van der Waals surface area contributed by atoms with Crippen molar-refractivity contribution in [2.75, 3.05) is 33.0 Å². The maximum absolute atomic E-state index is 11.5. The molecular weight excluding hydrogens is 246 g/mol. The van der Waals surface area contributed by atoms with Gasteiger partial charge in [-0.1, -0.05) is 18.2 Å². The quantitative estimate of drug-likeness (QED) is 0.652. The van der Waals surface area contributed by atoms with E-state index in [1.807, 2.05) is 31.2 Å². The highest BCUT2D eigenvalue weighted by molar-refractivity contribution is 5.77. The fourth-order valence-corrected chi connectivity index (χ4v) is 1.48. The van der Waals surface area contributed by atoms with Gasteiger partial charge in [0.25, 0.3) is 5.91 Å². The zero-order chi connectivity index (χ0) is 13.9. The van der Waals surface area contributed by atoms with Crippen LogP contribution < -0.4 is 10.1 Å². The number of aliphatic hydroxyl groups is 1. The van der Waals surface area contributed by atoms with Crippen molar-refractivity contribution in [3.63, 3.8) is 0 Å². The van der Waals surface area contributed by atoms with Gasteiger partial charge in [0.1, 0.15) is 5.75 Å². The molecule has 0 saturated carbocycles. The van der Waals surface area contributed by atoms with Crippen LogP contribution in [0.5, 0.6) is 5.75 Å². The van der Waals surface area contributed by atoms with E-state index in [4.69, 9.17) is 14.6 Å². The lowest BCUT2D eigenvalue weighted by molar-refractivity contribution is -0.123. The van der Waals surface area contributed by atoms with Crippen LogP contribution in [0.4, 0.5) is 0 Å². The van der Waals surface area contributed by atoms with E-state index in [9.17, 15) is 4.79 Å². The molecule has 0 aromatic heterocycles. The maximum Gasteiger partial charge on any atom is 0.257 e. The summed E-state index contributed by atoms with van der Waals surface area (Å²) in [5.74, 6) is 0.578. The van der Waals surface area contributed by atoms with Gasteiger partial charge in [0, 0.05) is 13.2 Å². The molecule has 5 heteroatoms. The molecule has 0 fully saturated rings. The molecule has 19 heavy (non-hydrogen) atoms. The number of rotatable bonds is 9. The zero-order valence-corrected chi connectivity index (χ0v) is 11.2. The SMILES string of the molecule is Cc1ccccc1OCC(=O)NCCCOCCO. The van der Waals surface area contributed by atoms with Crippen LogP contribution in [0.3, 0.4) is 0 Å². The van der Waals surface area contributed by atoms with Crippen molar-refractivity contribution in [1.29, 1.82) is 0 Å². The van der Waals surface area contributed by atoms with Crippen LogP contribution in [0.2, 0.25) is 0 Å². The van der Waals surface area contributed by atoms with Gasteiger partial charge in [-0.05, 0) is 25.0 Å². The number of hydrogen-bond donors (Lipinski definition) is 2. The third-order valence-electron chi connectivity index (χ3n) is 2.48. The molecule has 1 aromatic carbocycles. The summed E-state index contributed by atoms with van der Waals surface area (Å²) in [7, 11) is 0. The standard InChI is InChI=1S/C14H21NO4/c1-12-5-2-3-6-13(12)19-11-14(17)15-7-4-9-18-10-8-16/h2-3,5-6,16H,4,7-11H2,1H3,(H,15,17). The van der Waals surface area contributed by atoms with Crippen LogP contribution in [0.25, 0.3) is 0 Å². The molecule has 0 bridgehead atoms. The van der Waals surface area contributed by atoms with Gasteiger partial charge in [-0.3, -0.25) is 4.79 Å². The molecule has 2 N–H and O–H groups in total. The average molecular weight is 267 g/mol. The Hall–Kier alpha value is -1.59. The first-order chi connectivity index (χ1) is 9.24. The summed E-state index contributed by atoms with van der Waals surface area (Å²) >= 11 is 0. The van der Waals surface area contributed by atoms with Crippen molar-refractivity contribution in [2.24, 2.45) is 0 Å². The Bertz CT molecular complexity index is 381. The molecule has 0 spiro atoms. The second-order valence-corrected chi connectivity index (χ2v) is 4.09. The van der Waals surface area contributed by atoms with Gasteiger partial charge in [0.15, 0.2) is 6.61 Å². The predicted octanol–water partition coefficient (Wildman–Crippen LogP) is 0.889. The predicted molar refractivity (Wildman–Crippen MR) is 72.2 cm³/mol. The van der Waals surface area contributed by atoms with Crippen LogP contribution in [-0.4, -0.2) is 44.0 Å². The van der Waals surface area contributed by atoms with E-state index in [-0.39, 0.29) is 19.1 Å². The molecule has 1 aromatic rings. The first-order valence-corrected chi connectivity index (χ1v) is 6.37. The van der Waals surface area contributed by atoms with Crippen LogP contribution in [0.1, 0.15) is 12.0 Å². The fourth-order valence-electron chi connectivity index (χ4n) is 1.48. The Morgan fingerprint density at radius 1 is 1.32 bits per heavy atom. The first-order valence-electron chi connectivity index (χ1n) is 6.37. The molecule has 0 aliphatic rings. The molecule has 0 aliphatic carbocycles. The Kier molecular flexibility index (Phi) is 7.62. The Balaban J connectivity index is 2.10. The molecule has 0 radical (unpaired) electrons. The van der Waals surface area contributed by atoms with Crippen molar-refractivity contribution >= 4 is 5.91 Å². The number of hydrogen-bond acceptors (Lipinski definition) is 4. The van der Waals surface area contributed by atoms with Crippen molar-refractivity contribution < 1.29 is 19.4 Å². The Morgan fingerprint density at radius 2 is 2.11 bits per heavy atom. The summed E-state index contributed by atoms with van der Waals surface area (Å²) in [5.41, 5.74) is 1.01. The van der Waals surface area contributed by atoms with Crippen molar-refractivity contribution in [3.8, 4) is 5.75 Å². The van der Waals surface area contributed by atoms with E-state index >= 15 is 0 Å². The first kappa shape index (κ1) is 15.5. The minimum absolute atomic E-state index is 0.0162. The normalized spacial score (nSPS) is 10.2. The number of aryl methyl sites for hydroxylation is 1. The highest BCUT2D eigenvalue weighted by atomic mass is 16.5. The number of benzene rings is 1. The second kappa shape index (κ2) is 9.35. The number of aliphatic hydroxyl groups excluding tert-OH is 1. The minimum Gasteiger partial charge on any atom is -0.484 e. The third-order valence-corrected chi connectivity index (χ3v) is 2.48. The van der Waals surface area contributed by atoms with Crippen molar-refractivity contribution in [1.82, 2.24) is 5.32 Å². The summed E-state index contributed by atoms with van der Waals surface area (Å²) in [6.07, 6.45) is 0.718. The topological polar surface area (TPSA) is 67.8 Å². The molecule has 1 rings (SSSR count). The summed E-state index contributed by atoms with van der Waals surface area (Å²) in [5, 5.41) is 11.2. The number of amides is 1. The number of ether oxygens (including phenoxy) is 2. The van der Waals surface area contributed by atoms with Gasteiger partial charge in [-0.2, -0.15) is 0 Å². The Morgan fingerprint density at radius 3 is 2.84 bits per heavy atom. The molecule has 106 valence electrons. The number of carbonyl (C=O) groups is 1. The molecule has 0 saturated heterocycles. The van der Waals surface area contributed by atoms with Crippen LogP contribution in [0, 0.1) is 6.92 Å². The van der Waals surface area contributed by atoms with Gasteiger partial charge in [-0.25, -0.2) is 0 Å². The van der Waals surface area contributed by atoms with Gasteiger partial charge >= 0.3 is 0 Å². The average Bonchev–Trinajstić information content (AvgIpc) is 2.42. The van der Waals surface area contributed by atoms with E-state index in [0.29, 0.717) is 19.8 Å². The van der Waals surface area contributed by atoms with Crippen molar-refractivity contribution in [3.05, 3.63) is 29.8 Å². The van der Waals surface area contributed by atoms with Crippen LogP contribution in [0.15, 0.2) is 24.3 Å². The maximum atomic E-state index is 11.5. The number of para-hydroxylation sites is 1. The minimum atomic E-state index is -0.148. The zero-order valence-electron chi connectivity index (χ0n) is 11.2. The monoisotopic (exact) mass is 267 g/mol. The molecule has 0 aliphatic heterocycles. The van der Waals surface area contributed by atoms with E-state index in [2.05, 4.69) is 5.32 Å². The van der Waals surface area contributed by atoms with Gasteiger partial charge < -0.3 is 19.9 Å². The number of nitrogens with one attached hydrogen (secondary N) is 1.